The highest BCUT2D eigenvalue weighted by Crippen LogP contribution is 2.27. The number of ether oxygens (including phenoxy) is 2. The predicted octanol–water partition coefficient (Wildman–Crippen LogP) is 4.92. The number of anilines is 2. The summed E-state index contributed by atoms with van der Waals surface area (Å²) >= 11 is 0. The summed E-state index contributed by atoms with van der Waals surface area (Å²) in [5.41, 5.74) is 2.56. The molecule has 0 spiro atoms. The highest BCUT2D eigenvalue weighted by molar-refractivity contribution is 5.91. The standard InChI is InChI=1S/C25H34FN3O3/c1-6-28(7-2)25(30)27(5)22-10-8-20(9-11-22)17-31-24-13-21(26)12-23(14-24)29-15-18(3)32-19(4)16-29/h8-14,18-19H,6-7,15-17H2,1-5H3. The summed E-state index contributed by atoms with van der Waals surface area (Å²) in [6.07, 6.45) is 0.188. The van der Waals surface area contributed by atoms with E-state index in [0.29, 0.717) is 38.5 Å². The maximum atomic E-state index is 14.3. The Morgan fingerprint density at radius 3 is 2.31 bits per heavy atom. The monoisotopic (exact) mass is 443 g/mol. The van der Waals surface area contributed by atoms with Crippen molar-refractivity contribution in [3.8, 4) is 5.75 Å². The average Bonchev–Trinajstić information content (AvgIpc) is 2.77. The molecule has 2 aromatic carbocycles. The summed E-state index contributed by atoms with van der Waals surface area (Å²) in [4.78, 5) is 18.1. The fraction of sp³-hybridized carbons (Fsp3) is 0.480. The van der Waals surface area contributed by atoms with Gasteiger partial charge in [0.25, 0.3) is 0 Å². The summed E-state index contributed by atoms with van der Waals surface area (Å²) in [5.74, 6) is 0.167. The normalized spacial score (nSPS) is 18.4. The Morgan fingerprint density at radius 2 is 1.72 bits per heavy atom. The predicted molar refractivity (Wildman–Crippen MR) is 126 cm³/mol. The molecule has 1 saturated heterocycles. The molecule has 7 heteroatoms. The number of halogens is 1. The van der Waals surface area contributed by atoms with E-state index < -0.39 is 0 Å². The van der Waals surface area contributed by atoms with Crippen LogP contribution in [0.2, 0.25) is 0 Å². The van der Waals surface area contributed by atoms with Gasteiger partial charge in [-0.05, 0) is 51.5 Å². The van der Waals surface area contributed by atoms with Crippen LogP contribution in [0.15, 0.2) is 42.5 Å². The number of urea groups is 1. The van der Waals surface area contributed by atoms with Crippen molar-refractivity contribution in [1.82, 2.24) is 4.90 Å². The molecule has 0 bridgehead atoms. The highest BCUT2D eigenvalue weighted by atomic mass is 19.1. The Balaban J connectivity index is 1.64. The molecule has 1 heterocycles. The highest BCUT2D eigenvalue weighted by Gasteiger charge is 2.23. The number of rotatable bonds is 7. The minimum atomic E-state index is -0.323. The molecule has 2 unspecified atom stereocenters. The minimum Gasteiger partial charge on any atom is -0.489 e. The summed E-state index contributed by atoms with van der Waals surface area (Å²) in [6.45, 7) is 11.1. The summed E-state index contributed by atoms with van der Waals surface area (Å²) < 4.78 is 25.9. The van der Waals surface area contributed by atoms with Gasteiger partial charge in [-0.15, -0.1) is 0 Å². The molecule has 2 atom stereocenters. The first-order valence-corrected chi connectivity index (χ1v) is 11.3. The number of carbonyl (C=O) groups is 1. The second-order valence-electron chi connectivity index (χ2n) is 8.28. The van der Waals surface area contributed by atoms with Crippen molar-refractivity contribution in [3.05, 3.63) is 53.8 Å². The number of nitrogens with zero attached hydrogens (tertiary/aromatic N) is 3. The zero-order valence-electron chi connectivity index (χ0n) is 19.7. The van der Waals surface area contributed by atoms with Crippen molar-refractivity contribution in [2.45, 2.75) is 46.5 Å². The first-order valence-electron chi connectivity index (χ1n) is 11.3. The number of hydrogen-bond donors (Lipinski definition) is 0. The molecular formula is C25H34FN3O3. The van der Waals surface area contributed by atoms with E-state index in [0.717, 1.165) is 16.9 Å². The molecule has 2 amide bonds. The van der Waals surface area contributed by atoms with Gasteiger partial charge in [-0.25, -0.2) is 9.18 Å². The topological polar surface area (TPSA) is 45.2 Å². The third-order valence-electron chi connectivity index (χ3n) is 5.69. The number of carbonyl (C=O) groups excluding carboxylic acids is 1. The molecule has 0 N–H and O–H groups in total. The van der Waals surface area contributed by atoms with E-state index in [2.05, 4.69) is 4.90 Å². The molecular weight excluding hydrogens is 409 g/mol. The first-order chi connectivity index (χ1) is 15.3. The molecule has 2 aromatic rings. The Bertz CT molecular complexity index is 892. The van der Waals surface area contributed by atoms with Gasteiger partial charge in [0.2, 0.25) is 0 Å². The number of amides is 2. The van der Waals surface area contributed by atoms with Crippen LogP contribution in [-0.2, 0) is 11.3 Å². The SMILES string of the molecule is CCN(CC)C(=O)N(C)c1ccc(COc2cc(F)cc(N3CC(C)OC(C)C3)c2)cc1. The van der Waals surface area contributed by atoms with Crippen LogP contribution in [-0.4, -0.2) is 56.4 Å². The van der Waals surface area contributed by atoms with Crippen LogP contribution in [0.25, 0.3) is 0 Å². The van der Waals surface area contributed by atoms with Gasteiger partial charge >= 0.3 is 6.03 Å². The zero-order chi connectivity index (χ0) is 23.3. The molecule has 0 radical (unpaired) electrons. The molecule has 1 fully saturated rings. The first kappa shape index (κ1) is 23.9. The van der Waals surface area contributed by atoms with Gasteiger partial charge < -0.3 is 19.3 Å². The quantitative estimate of drug-likeness (QED) is 0.610. The van der Waals surface area contributed by atoms with Crippen molar-refractivity contribution >= 4 is 17.4 Å². The van der Waals surface area contributed by atoms with E-state index in [1.807, 2.05) is 58.0 Å². The number of morpholine rings is 1. The van der Waals surface area contributed by atoms with Crippen molar-refractivity contribution in [3.63, 3.8) is 0 Å². The smallest absolute Gasteiger partial charge is 0.324 e. The van der Waals surface area contributed by atoms with Crippen LogP contribution < -0.4 is 14.5 Å². The van der Waals surface area contributed by atoms with Crippen LogP contribution >= 0.6 is 0 Å². The molecule has 6 nitrogen and oxygen atoms in total. The van der Waals surface area contributed by atoms with E-state index in [1.54, 1.807) is 16.8 Å². The molecule has 3 rings (SSSR count). The maximum Gasteiger partial charge on any atom is 0.324 e. The van der Waals surface area contributed by atoms with Crippen LogP contribution in [0.5, 0.6) is 5.75 Å². The van der Waals surface area contributed by atoms with Crippen LogP contribution in [0.1, 0.15) is 33.3 Å². The van der Waals surface area contributed by atoms with Gasteiger partial charge in [0.15, 0.2) is 0 Å². The van der Waals surface area contributed by atoms with Crippen molar-refractivity contribution in [2.24, 2.45) is 0 Å². The number of hydrogen-bond acceptors (Lipinski definition) is 4. The van der Waals surface area contributed by atoms with E-state index in [4.69, 9.17) is 9.47 Å². The van der Waals surface area contributed by atoms with E-state index in [1.165, 1.54) is 12.1 Å². The van der Waals surface area contributed by atoms with Gasteiger partial charge in [-0.3, -0.25) is 4.90 Å². The van der Waals surface area contributed by atoms with Crippen molar-refractivity contribution in [1.29, 1.82) is 0 Å². The Kier molecular flexibility index (Phi) is 7.96. The summed E-state index contributed by atoms with van der Waals surface area (Å²) in [6, 6.07) is 12.4. The van der Waals surface area contributed by atoms with Gasteiger partial charge in [-0.2, -0.15) is 0 Å². The lowest BCUT2D eigenvalue weighted by Crippen LogP contribution is -2.45. The van der Waals surface area contributed by atoms with Gasteiger partial charge in [0.05, 0.1) is 12.2 Å². The van der Waals surface area contributed by atoms with Gasteiger partial charge in [0.1, 0.15) is 18.2 Å². The van der Waals surface area contributed by atoms with Gasteiger partial charge in [-0.1, -0.05) is 12.1 Å². The molecule has 0 saturated carbocycles. The second kappa shape index (κ2) is 10.7. The van der Waals surface area contributed by atoms with E-state index >= 15 is 0 Å². The van der Waals surface area contributed by atoms with Crippen LogP contribution in [0.4, 0.5) is 20.6 Å². The molecule has 1 aliphatic rings. The molecule has 32 heavy (non-hydrogen) atoms. The molecule has 1 aliphatic heterocycles. The van der Waals surface area contributed by atoms with Crippen LogP contribution in [0, 0.1) is 5.82 Å². The molecule has 0 aliphatic carbocycles. The fourth-order valence-corrected chi connectivity index (χ4v) is 4.00. The minimum absolute atomic E-state index is 0.0296. The number of benzene rings is 2. The lowest BCUT2D eigenvalue weighted by atomic mass is 10.2. The fourth-order valence-electron chi connectivity index (χ4n) is 4.00. The maximum absolute atomic E-state index is 14.3. The third kappa shape index (κ3) is 5.91. The summed E-state index contributed by atoms with van der Waals surface area (Å²) in [5, 5.41) is 0. The van der Waals surface area contributed by atoms with Gasteiger partial charge in [0, 0.05) is 56.7 Å². The van der Waals surface area contributed by atoms with E-state index in [-0.39, 0.29) is 24.1 Å². The molecule has 0 aromatic heterocycles. The Labute approximate surface area is 190 Å². The average molecular weight is 444 g/mol. The lowest BCUT2D eigenvalue weighted by molar-refractivity contribution is -0.00525. The largest absolute Gasteiger partial charge is 0.489 e. The van der Waals surface area contributed by atoms with Crippen molar-refractivity contribution < 1.29 is 18.7 Å². The van der Waals surface area contributed by atoms with Crippen LogP contribution in [0.3, 0.4) is 0 Å². The van der Waals surface area contributed by atoms with E-state index in [9.17, 15) is 9.18 Å². The van der Waals surface area contributed by atoms with Crippen molar-refractivity contribution in [2.75, 3.05) is 43.0 Å². The lowest BCUT2D eigenvalue weighted by Gasteiger charge is -2.37. The molecule has 174 valence electrons. The third-order valence-corrected chi connectivity index (χ3v) is 5.69. The zero-order valence-corrected chi connectivity index (χ0v) is 19.7. The summed E-state index contributed by atoms with van der Waals surface area (Å²) in [7, 11) is 1.77. The second-order valence-corrected chi connectivity index (χ2v) is 8.28. The Morgan fingerprint density at radius 1 is 1.09 bits per heavy atom. The Hall–Kier alpha value is -2.80.